The molecule has 2 atom stereocenters. The zero-order chi connectivity index (χ0) is 21.9. The average Bonchev–Trinajstić information content (AvgIpc) is 3.01. The van der Waals surface area contributed by atoms with E-state index in [2.05, 4.69) is 20.3 Å². The highest BCUT2D eigenvalue weighted by atomic mass is 32.2. The second-order valence-corrected chi connectivity index (χ2v) is 8.71. The maximum atomic E-state index is 13.0. The average molecular weight is 429 g/mol. The van der Waals surface area contributed by atoms with Gasteiger partial charge in [0.05, 0.1) is 4.90 Å². The van der Waals surface area contributed by atoms with Gasteiger partial charge in [-0.2, -0.15) is 0 Å². The van der Waals surface area contributed by atoms with Crippen LogP contribution in [0.5, 0.6) is 0 Å². The standard InChI is InChI=1S/C21H24N4O4S/c1-4-13(2)18(21(27)23-15-11-9-14(10-12-15)20(26)22-3)24-19-16-7-5-6-8-17(16)30(28,29)25-19/h5-13,18H,4H2,1-3H3,(H,22,26)(H,23,27)(H,24,25)/t13-,18-/m0/s1. The van der Waals surface area contributed by atoms with Crippen molar-refractivity contribution >= 4 is 33.4 Å². The van der Waals surface area contributed by atoms with E-state index in [0.29, 0.717) is 23.2 Å². The van der Waals surface area contributed by atoms with Gasteiger partial charge in [0, 0.05) is 23.9 Å². The van der Waals surface area contributed by atoms with Crippen molar-refractivity contribution in [2.24, 2.45) is 10.9 Å². The highest BCUT2D eigenvalue weighted by Crippen LogP contribution is 2.24. The summed E-state index contributed by atoms with van der Waals surface area (Å²) in [7, 11) is -2.14. The van der Waals surface area contributed by atoms with E-state index in [-0.39, 0.29) is 28.5 Å². The fraction of sp³-hybridized carbons (Fsp3) is 0.286. The molecule has 3 N–H and O–H groups in total. The first-order valence-electron chi connectivity index (χ1n) is 9.60. The van der Waals surface area contributed by atoms with E-state index >= 15 is 0 Å². The van der Waals surface area contributed by atoms with Gasteiger partial charge in [-0.1, -0.05) is 32.4 Å². The number of carbonyl (C=O) groups is 2. The number of fused-ring (bicyclic) bond motifs is 1. The number of hydrogen-bond acceptors (Lipinski definition) is 5. The minimum absolute atomic E-state index is 0.125. The number of nitrogens with zero attached hydrogens (tertiary/aromatic N) is 1. The smallest absolute Gasteiger partial charge is 0.263 e. The normalized spacial score (nSPS) is 17.5. The number of amides is 2. The number of hydrogen-bond donors (Lipinski definition) is 3. The summed E-state index contributed by atoms with van der Waals surface area (Å²) in [6.07, 6.45) is 0.679. The molecule has 0 unspecified atom stereocenters. The number of aliphatic imine (C=N–C) groups is 1. The number of benzene rings is 2. The molecular formula is C21H24N4O4S. The third-order valence-corrected chi connectivity index (χ3v) is 6.42. The molecule has 2 aromatic rings. The molecule has 9 heteroatoms. The lowest BCUT2D eigenvalue weighted by atomic mass is 9.98. The molecule has 158 valence electrons. The Morgan fingerprint density at radius 3 is 2.40 bits per heavy atom. The van der Waals surface area contributed by atoms with Crippen LogP contribution in [0.4, 0.5) is 5.69 Å². The Hall–Kier alpha value is -3.20. The minimum atomic E-state index is -3.68. The molecule has 0 bridgehead atoms. The molecule has 0 saturated carbocycles. The SMILES string of the molecule is CC[C@H](C)[C@H](N=C1NS(=O)(=O)c2ccccc21)C(=O)Nc1ccc(C(=O)NC)cc1. The van der Waals surface area contributed by atoms with Gasteiger partial charge >= 0.3 is 0 Å². The van der Waals surface area contributed by atoms with Crippen LogP contribution in [0.1, 0.15) is 36.2 Å². The van der Waals surface area contributed by atoms with E-state index in [1.807, 2.05) is 13.8 Å². The van der Waals surface area contributed by atoms with E-state index in [1.165, 1.54) is 6.07 Å². The second-order valence-electron chi connectivity index (χ2n) is 7.06. The number of carbonyl (C=O) groups excluding carboxylic acids is 2. The van der Waals surface area contributed by atoms with Gasteiger partial charge in [0.15, 0.2) is 0 Å². The Balaban J connectivity index is 1.88. The Morgan fingerprint density at radius 2 is 1.77 bits per heavy atom. The summed E-state index contributed by atoms with van der Waals surface area (Å²) in [6, 6.07) is 12.2. The Morgan fingerprint density at radius 1 is 1.10 bits per heavy atom. The van der Waals surface area contributed by atoms with Crippen molar-refractivity contribution in [3.8, 4) is 0 Å². The van der Waals surface area contributed by atoms with Gasteiger partial charge in [0.25, 0.3) is 15.9 Å². The third kappa shape index (κ3) is 4.35. The van der Waals surface area contributed by atoms with Crippen molar-refractivity contribution in [1.82, 2.24) is 10.0 Å². The lowest BCUT2D eigenvalue weighted by Gasteiger charge is -2.19. The lowest BCUT2D eigenvalue weighted by molar-refractivity contribution is -0.118. The van der Waals surface area contributed by atoms with E-state index in [4.69, 9.17) is 0 Å². The van der Waals surface area contributed by atoms with Crippen LogP contribution in [0.25, 0.3) is 0 Å². The summed E-state index contributed by atoms with van der Waals surface area (Å²) < 4.78 is 27.1. The topological polar surface area (TPSA) is 117 Å². The summed E-state index contributed by atoms with van der Waals surface area (Å²) in [5.41, 5.74) is 1.45. The van der Waals surface area contributed by atoms with E-state index in [0.717, 1.165) is 0 Å². The molecule has 0 aliphatic carbocycles. The summed E-state index contributed by atoms with van der Waals surface area (Å²) in [5.74, 6) is -0.530. The summed E-state index contributed by atoms with van der Waals surface area (Å²) in [5, 5.41) is 5.34. The molecule has 3 rings (SSSR count). The van der Waals surface area contributed by atoms with Crippen LogP contribution in [0.2, 0.25) is 0 Å². The predicted octanol–water partition coefficient (Wildman–Crippen LogP) is 2.14. The van der Waals surface area contributed by atoms with Gasteiger partial charge in [0.2, 0.25) is 5.91 Å². The lowest BCUT2D eigenvalue weighted by Crippen LogP contribution is -2.34. The van der Waals surface area contributed by atoms with Crippen molar-refractivity contribution in [2.75, 3.05) is 12.4 Å². The van der Waals surface area contributed by atoms with Gasteiger partial charge in [-0.25, -0.2) is 8.42 Å². The van der Waals surface area contributed by atoms with Crippen molar-refractivity contribution in [3.05, 3.63) is 59.7 Å². The second kappa shape index (κ2) is 8.66. The van der Waals surface area contributed by atoms with Gasteiger partial charge in [-0.15, -0.1) is 0 Å². The van der Waals surface area contributed by atoms with E-state index < -0.39 is 16.1 Å². The number of nitrogens with one attached hydrogen (secondary N) is 3. The zero-order valence-electron chi connectivity index (χ0n) is 17.0. The molecular weight excluding hydrogens is 404 g/mol. The Labute approximate surface area is 175 Å². The maximum absolute atomic E-state index is 13.0. The van der Waals surface area contributed by atoms with E-state index in [9.17, 15) is 18.0 Å². The fourth-order valence-electron chi connectivity index (χ4n) is 3.10. The fourth-order valence-corrected chi connectivity index (χ4v) is 4.34. The maximum Gasteiger partial charge on any atom is 0.263 e. The van der Waals surface area contributed by atoms with Gasteiger partial charge < -0.3 is 10.6 Å². The van der Waals surface area contributed by atoms with Gasteiger partial charge in [-0.05, 0) is 42.3 Å². The summed E-state index contributed by atoms with van der Waals surface area (Å²) in [6.45, 7) is 3.83. The Bertz CT molecular complexity index is 1090. The first kappa shape index (κ1) is 21.5. The molecule has 2 amide bonds. The quantitative estimate of drug-likeness (QED) is 0.653. The monoisotopic (exact) mass is 428 g/mol. The number of anilines is 1. The highest BCUT2D eigenvalue weighted by molar-refractivity contribution is 7.90. The molecule has 0 spiro atoms. The first-order chi connectivity index (χ1) is 14.3. The van der Waals surface area contributed by atoms with Crippen molar-refractivity contribution in [1.29, 1.82) is 0 Å². The molecule has 0 saturated heterocycles. The van der Waals surface area contributed by atoms with Crippen LogP contribution >= 0.6 is 0 Å². The Kier molecular flexibility index (Phi) is 6.21. The molecule has 0 radical (unpaired) electrons. The zero-order valence-corrected chi connectivity index (χ0v) is 17.8. The molecule has 30 heavy (non-hydrogen) atoms. The van der Waals surface area contributed by atoms with Crippen molar-refractivity contribution in [2.45, 2.75) is 31.2 Å². The number of rotatable bonds is 6. The highest BCUT2D eigenvalue weighted by Gasteiger charge is 2.33. The van der Waals surface area contributed by atoms with Crippen LogP contribution in [-0.4, -0.2) is 39.2 Å². The minimum Gasteiger partial charge on any atom is -0.355 e. The van der Waals surface area contributed by atoms with Crippen LogP contribution in [0, 0.1) is 5.92 Å². The van der Waals surface area contributed by atoms with Crippen molar-refractivity contribution < 1.29 is 18.0 Å². The summed E-state index contributed by atoms with van der Waals surface area (Å²) in [4.78, 5) is 29.3. The first-order valence-corrected chi connectivity index (χ1v) is 11.1. The number of amidine groups is 1. The molecule has 1 aliphatic heterocycles. The number of sulfonamides is 1. The largest absolute Gasteiger partial charge is 0.355 e. The molecule has 1 aliphatic rings. The molecule has 8 nitrogen and oxygen atoms in total. The van der Waals surface area contributed by atoms with Gasteiger partial charge in [-0.3, -0.25) is 19.3 Å². The molecule has 0 aromatic heterocycles. The van der Waals surface area contributed by atoms with Crippen LogP contribution in [0.3, 0.4) is 0 Å². The van der Waals surface area contributed by atoms with Crippen LogP contribution in [-0.2, 0) is 14.8 Å². The molecule has 0 fully saturated rings. The third-order valence-electron chi connectivity index (χ3n) is 5.02. The van der Waals surface area contributed by atoms with Crippen molar-refractivity contribution in [3.63, 3.8) is 0 Å². The molecule has 2 aromatic carbocycles. The predicted molar refractivity (Wildman–Crippen MR) is 115 cm³/mol. The summed E-state index contributed by atoms with van der Waals surface area (Å²) >= 11 is 0. The molecule has 1 heterocycles. The van der Waals surface area contributed by atoms with Gasteiger partial charge in [0.1, 0.15) is 11.9 Å². The van der Waals surface area contributed by atoms with Crippen LogP contribution < -0.4 is 15.4 Å². The van der Waals surface area contributed by atoms with Crippen LogP contribution in [0.15, 0.2) is 58.4 Å². The van der Waals surface area contributed by atoms with E-state index in [1.54, 1.807) is 49.5 Å².